The van der Waals surface area contributed by atoms with Crippen LogP contribution in [-0.2, 0) is 0 Å². The molecule has 0 bridgehead atoms. The minimum absolute atomic E-state index is 0.405. The van der Waals surface area contributed by atoms with Gasteiger partial charge in [0.05, 0.1) is 6.61 Å². The zero-order valence-corrected chi connectivity index (χ0v) is 12.9. The summed E-state index contributed by atoms with van der Waals surface area (Å²) in [6, 6.07) is 0.855. The molecule has 0 spiro atoms. The molecule has 1 atom stereocenters. The summed E-state index contributed by atoms with van der Waals surface area (Å²) < 4.78 is 5.56. The van der Waals surface area contributed by atoms with Gasteiger partial charge < -0.3 is 15.0 Å². The lowest BCUT2D eigenvalue weighted by atomic mass is 10.2. The summed E-state index contributed by atoms with van der Waals surface area (Å²) in [7, 11) is 2.04. The first-order valence-corrected chi connectivity index (χ1v) is 7.51. The lowest BCUT2D eigenvalue weighted by Gasteiger charge is -2.25. The molecule has 6 heteroatoms. The Balaban J connectivity index is 2.18. The number of hydrogen-bond donors (Lipinski definition) is 1. The molecule has 6 nitrogen and oxygen atoms in total. The van der Waals surface area contributed by atoms with E-state index >= 15 is 0 Å². The van der Waals surface area contributed by atoms with Crippen LogP contribution >= 0.6 is 0 Å². The van der Waals surface area contributed by atoms with Gasteiger partial charge in [0.15, 0.2) is 0 Å². The molecule has 1 aliphatic rings. The molecule has 2 rings (SSSR count). The second kappa shape index (κ2) is 6.72. The SMILES string of the molecule is CCCOc1nc(NCC)nc(N(C)C(C)C2CC2)n1. The molecular formula is C14H25N5O. The summed E-state index contributed by atoms with van der Waals surface area (Å²) in [6.07, 6.45) is 3.54. The summed E-state index contributed by atoms with van der Waals surface area (Å²) in [5.41, 5.74) is 0. The maximum absolute atomic E-state index is 5.56. The Morgan fingerprint density at radius 2 is 2.05 bits per heavy atom. The monoisotopic (exact) mass is 279 g/mol. The third kappa shape index (κ3) is 3.71. The summed E-state index contributed by atoms with van der Waals surface area (Å²) in [5, 5.41) is 3.13. The van der Waals surface area contributed by atoms with Crippen molar-refractivity contribution in [3.8, 4) is 6.01 Å². The van der Waals surface area contributed by atoms with Gasteiger partial charge in [0.25, 0.3) is 0 Å². The molecule has 1 fully saturated rings. The summed E-state index contributed by atoms with van der Waals surface area (Å²) in [4.78, 5) is 15.3. The van der Waals surface area contributed by atoms with E-state index in [4.69, 9.17) is 4.74 Å². The van der Waals surface area contributed by atoms with Crippen LogP contribution < -0.4 is 15.0 Å². The predicted octanol–water partition coefficient (Wildman–Crippen LogP) is 2.33. The number of anilines is 2. The average molecular weight is 279 g/mol. The molecule has 1 N–H and O–H groups in total. The van der Waals surface area contributed by atoms with E-state index in [1.807, 2.05) is 14.0 Å². The highest BCUT2D eigenvalue weighted by atomic mass is 16.5. The lowest BCUT2D eigenvalue weighted by Crippen LogP contribution is -2.32. The van der Waals surface area contributed by atoms with Crippen molar-refractivity contribution in [1.29, 1.82) is 0 Å². The van der Waals surface area contributed by atoms with Crippen LogP contribution in [0.2, 0.25) is 0 Å². The highest BCUT2D eigenvalue weighted by molar-refractivity contribution is 5.38. The van der Waals surface area contributed by atoms with Gasteiger partial charge in [-0.2, -0.15) is 15.0 Å². The molecule has 1 aromatic rings. The van der Waals surface area contributed by atoms with Gasteiger partial charge in [0, 0.05) is 19.6 Å². The van der Waals surface area contributed by atoms with Crippen LogP contribution in [0.3, 0.4) is 0 Å². The van der Waals surface area contributed by atoms with Crippen molar-refractivity contribution in [2.45, 2.75) is 46.1 Å². The third-order valence-electron chi connectivity index (χ3n) is 3.60. The third-order valence-corrected chi connectivity index (χ3v) is 3.60. The Labute approximate surface area is 121 Å². The summed E-state index contributed by atoms with van der Waals surface area (Å²) in [5.74, 6) is 2.03. The largest absolute Gasteiger partial charge is 0.463 e. The highest BCUT2D eigenvalue weighted by Gasteiger charge is 2.31. The standard InChI is InChI=1S/C14H25N5O/c1-5-9-20-14-17-12(15-6-2)16-13(18-14)19(4)10(3)11-7-8-11/h10-11H,5-9H2,1-4H3,(H,15,16,17,18). The van der Waals surface area contributed by atoms with E-state index in [1.54, 1.807) is 0 Å². The highest BCUT2D eigenvalue weighted by Crippen LogP contribution is 2.35. The maximum atomic E-state index is 5.56. The number of nitrogens with zero attached hydrogens (tertiary/aromatic N) is 4. The smallest absolute Gasteiger partial charge is 0.323 e. The van der Waals surface area contributed by atoms with E-state index in [-0.39, 0.29) is 0 Å². The quantitative estimate of drug-likeness (QED) is 0.788. The van der Waals surface area contributed by atoms with E-state index < -0.39 is 0 Å². The molecule has 20 heavy (non-hydrogen) atoms. The van der Waals surface area contributed by atoms with E-state index in [0.29, 0.717) is 30.6 Å². The minimum Gasteiger partial charge on any atom is -0.463 e. The fourth-order valence-electron chi connectivity index (χ4n) is 2.08. The summed E-state index contributed by atoms with van der Waals surface area (Å²) >= 11 is 0. The van der Waals surface area contributed by atoms with Crippen LogP contribution in [0.5, 0.6) is 6.01 Å². The van der Waals surface area contributed by atoms with E-state index in [2.05, 4.69) is 39.0 Å². The molecule has 0 aliphatic heterocycles. The number of ether oxygens (including phenoxy) is 1. The Bertz CT molecular complexity index is 436. The number of hydrogen-bond acceptors (Lipinski definition) is 6. The van der Waals surface area contributed by atoms with Gasteiger partial charge in [0.1, 0.15) is 0 Å². The second-order valence-electron chi connectivity index (χ2n) is 5.31. The number of aromatic nitrogens is 3. The number of nitrogens with one attached hydrogen (secondary N) is 1. The molecule has 0 amide bonds. The molecule has 1 aromatic heterocycles. The van der Waals surface area contributed by atoms with Crippen LogP contribution in [0.4, 0.5) is 11.9 Å². The zero-order chi connectivity index (χ0) is 14.5. The zero-order valence-electron chi connectivity index (χ0n) is 12.9. The normalized spacial score (nSPS) is 15.8. The van der Waals surface area contributed by atoms with Crippen LogP contribution in [0.25, 0.3) is 0 Å². The Kier molecular flexibility index (Phi) is 4.98. The average Bonchev–Trinajstić information content (AvgIpc) is 3.28. The lowest BCUT2D eigenvalue weighted by molar-refractivity contribution is 0.291. The Morgan fingerprint density at radius 1 is 1.30 bits per heavy atom. The van der Waals surface area contributed by atoms with Crippen molar-refractivity contribution in [2.75, 3.05) is 30.4 Å². The molecule has 1 aliphatic carbocycles. The van der Waals surface area contributed by atoms with Gasteiger partial charge >= 0.3 is 6.01 Å². The number of rotatable bonds is 8. The molecule has 0 aromatic carbocycles. The van der Waals surface area contributed by atoms with E-state index in [0.717, 1.165) is 18.9 Å². The van der Waals surface area contributed by atoms with Crippen molar-refractivity contribution in [1.82, 2.24) is 15.0 Å². The molecule has 0 radical (unpaired) electrons. The topological polar surface area (TPSA) is 63.2 Å². The predicted molar refractivity (Wildman–Crippen MR) is 80.4 cm³/mol. The first-order valence-electron chi connectivity index (χ1n) is 7.51. The maximum Gasteiger partial charge on any atom is 0.323 e. The molecule has 1 unspecified atom stereocenters. The summed E-state index contributed by atoms with van der Waals surface area (Å²) in [6.45, 7) is 7.71. The van der Waals surface area contributed by atoms with Crippen molar-refractivity contribution in [3.05, 3.63) is 0 Å². The molecule has 112 valence electrons. The van der Waals surface area contributed by atoms with Crippen molar-refractivity contribution >= 4 is 11.9 Å². The Morgan fingerprint density at radius 3 is 2.65 bits per heavy atom. The molecular weight excluding hydrogens is 254 g/mol. The van der Waals surface area contributed by atoms with Gasteiger partial charge in [-0.3, -0.25) is 0 Å². The van der Waals surface area contributed by atoms with Crippen LogP contribution in [0.15, 0.2) is 0 Å². The van der Waals surface area contributed by atoms with Gasteiger partial charge in [-0.05, 0) is 39.0 Å². The van der Waals surface area contributed by atoms with Crippen molar-refractivity contribution < 1.29 is 4.74 Å². The van der Waals surface area contributed by atoms with Crippen molar-refractivity contribution in [3.63, 3.8) is 0 Å². The van der Waals surface area contributed by atoms with E-state index in [1.165, 1.54) is 12.8 Å². The minimum atomic E-state index is 0.405. The fourth-order valence-corrected chi connectivity index (χ4v) is 2.08. The van der Waals surface area contributed by atoms with Gasteiger partial charge in [-0.1, -0.05) is 6.92 Å². The van der Waals surface area contributed by atoms with Gasteiger partial charge in [0.2, 0.25) is 11.9 Å². The first kappa shape index (κ1) is 14.8. The van der Waals surface area contributed by atoms with Crippen LogP contribution in [0, 0.1) is 5.92 Å². The second-order valence-corrected chi connectivity index (χ2v) is 5.31. The van der Waals surface area contributed by atoms with E-state index in [9.17, 15) is 0 Å². The first-order chi connectivity index (χ1) is 9.65. The molecule has 0 saturated heterocycles. The Hall–Kier alpha value is -1.59. The van der Waals surface area contributed by atoms with Gasteiger partial charge in [-0.15, -0.1) is 0 Å². The van der Waals surface area contributed by atoms with Crippen LogP contribution in [-0.4, -0.2) is 41.2 Å². The molecule has 1 saturated carbocycles. The fraction of sp³-hybridized carbons (Fsp3) is 0.786. The van der Waals surface area contributed by atoms with Crippen molar-refractivity contribution in [2.24, 2.45) is 5.92 Å². The van der Waals surface area contributed by atoms with Gasteiger partial charge in [-0.25, -0.2) is 0 Å². The van der Waals surface area contributed by atoms with Crippen LogP contribution in [0.1, 0.15) is 40.0 Å². The molecule has 1 heterocycles.